The number of amides is 1. The number of sulfonamides is 1. The zero-order valence-corrected chi connectivity index (χ0v) is 15.4. The van der Waals surface area contributed by atoms with Gasteiger partial charge >= 0.3 is 0 Å². The third-order valence-electron chi connectivity index (χ3n) is 4.47. The monoisotopic (exact) mass is 373 g/mol. The molecule has 1 saturated heterocycles. The summed E-state index contributed by atoms with van der Waals surface area (Å²) >= 11 is 0. The molecule has 0 radical (unpaired) electrons. The average Bonchev–Trinajstić information content (AvgIpc) is 3.02. The summed E-state index contributed by atoms with van der Waals surface area (Å²) in [7, 11) is -3.67. The van der Waals surface area contributed by atoms with Crippen molar-refractivity contribution in [1.29, 1.82) is 0 Å². The van der Waals surface area contributed by atoms with Gasteiger partial charge in [-0.2, -0.15) is 0 Å². The number of ether oxygens (including phenoxy) is 1. The van der Waals surface area contributed by atoms with Crippen molar-refractivity contribution in [1.82, 2.24) is 4.31 Å². The molecule has 1 amide bonds. The van der Waals surface area contributed by atoms with E-state index in [1.54, 1.807) is 24.3 Å². The van der Waals surface area contributed by atoms with Crippen LogP contribution in [0.3, 0.4) is 0 Å². The number of rotatable bonds is 8. The van der Waals surface area contributed by atoms with Crippen LogP contribution >= 0.6 is 0 Å². The van der Waals surface area contributed by atoms with Crippen LogP contribution in [0.15, 0.2) is 60.7 Å². The second kappa shape index (κ2) is 8.47. The Hall–Kier alpha value is -2.18. The van der Waals surface area contributed by atoms with E-state index >= 15 is 0 Å². The molecule has 26 heavy (non-hydrogen) atoms. The maximum atomic E-state index is 12.7. The predicted octanol–water partition coefficient (Wildman–Crippen LogP) is 3.11. The van der Waals surface area contributed by atoms with Crippen LogP contribution in [0.2, 0.25) is 0 Å². The summed E-state index contributed by atoms with van der Waals surface area (Å²) in [6, 6.07) is 18.5. The molecule has 0 bridgehead atoms. The topological polar surface area (TPSA) is 63.7 Å². The lowest BCUT2D eigenvalue weighted by molar-refractivity contribution is -0.124. The molecule has 1 fully saturated rings. The van der Waals surface area contributed by atoms with E-state index in [4.69, 9.17) is 4.74 Å². The second-order valence-electron chi connectivity index (χ2n) is 6.45. The minimum atomic E-state index is -3.67. The summed E-state index contributed by atoms with van der Waals surface area (Å²) < 4.78 is 32.2. The van der Waals surface area contributed by atoms with Crippen molar-refractivity contribution in [2.24, 2.45) is 0 Å². The lowest BCUT2D eigenvalue weighted by atomic mass is 10.2. The maximum absolute atomic E-state index is 12.7. The first-order valence-corrected chi connectivity index (χ1v) is 10.4. The van der Waals surface area contributed by atoms with Crippen molar-refractivity contribution in [2.45, 2.75) is 37.7 Å². The quantitative estimate of drug-likeness (QED) is 0.667. The van der Waals surface area contributed by atoms with Crippen LogP contribution in [-0.4, -0.2) is 31.3 Å². The van der Waals surface area contributed by atoms with E-state index in [-0.39, 0.29) is 24.1 Å². The van der Waals surface area contributed by atoms with E-state index < -0.39 is 10.0 Å². The third kappa shape index (κ3) is 4.71. The molecule has 1 aliphatic rings. The molecule has 5 nitrogen and oxygen atoms in total. The van der Waals surface area contributed by atoms with Crippen LogP contribution < -0.4 is 0 Å². The summed E-state index contributed by atoms with van der Waals surface area (Å²) in [5.74, 6) is -0.463. The molecule has 2 aromatic carbocycles. The standard InChI is InChI=1S/C20H23NO4S/c22-20-12-11-19(13-14-25-15-17-7-3-1-4-8-17)21(20)26(23,24)16-18-9-5-2-6-10-18/h1-10,19H,11-16H2/t19-/m1/s1. The minimum Gasteiger partial charge on any atom is -0.377 e. The van der Waals surface area contributed by atoms with Crippen LogP contribution in [0.25, 0.3) is 0 Å². The van der Waals surface area contributed by atoms with Gasteiger partial charge in [-0.3, -0.25) is 4.79 Å². The Morgan fingerprint density at radius 1 is 0.962 bits per heavy atom. The molecule has 0 saturated carbocycles. The van der Waals surface area contributed by atoms with Gasteiger partial charge in [-0.1, -0.05) is 60.7 Å². The van der Waals surface area contributed by atoms with Crippen LogP contribution in [0.5, 0.6) is 0 Å². The first-order chi connectivity index (χ1) is 12.6. The van der Waals surface area contributed by atoms with E-state index in [1.807, 2.05) is 36.4 Å². The molecule has 3 rings (SSSR count). The Kier molecular flexibility index (Phi) is 6.06. The van der Waals surface area contributed by atoms with Gasteiger partial charge in [0.25, 0.3) is 0 Å². The van der Waals surface area contributed by atoms with Gasteiger partial charge in [0, 0.05) is 13.0 Å². The maximum Gasteiger partial charge on any atom is 0.241 e. The molecule has 0 aromatic heterocycles. The molecule has 0 N–H and O–H groups in total. The Morgan fingerprint density at radius 3 is 2.23 bits per heavy atom. The van der Waals surface area contributed by atoms with Crippen molar-refractivity contribution in [3.63, 3.8) is 0 Å². The number of benzene rings is 2. The van der Waals surface area contributed by atoms with E-state index in [0.29, 0.717) is 31.6 Å². The van der Waals surface area contributed by atoms with Crippen LogP contribution in [-0.2, 0) is 31.9 Å². The van der Waals surface area contributed by atoms with E-state index in [1.165, 1.54) is 0 Å². The molecule has 138 valence electrons. The molecule has 0 spiro atoms. The molecule has 1 heterocycles. The number of hydrogen-bond donors (Lipinski definition) is 0. The summed E-state index contributed by atoms with van der Waals surface area (Å²) in [5, 5.41) is 0. The second-order valence-corrected chi connectivity index (χ2v) is 8.30. The molecule has 0 aliphatic carbocycles. The molecule has 1 aliphatic heterocycles. The highest BCUT2D eigenvalue weighted by atomic mass is 32.2. The van der Waals surface area contributed by atoms with Crippen molar-refractivity contribution in [3.8, 4) is 0 Å². The minimum absolute atomic E-state index is 0.152. The van der Waals surface area contributed by atoms with Crippen LogP contribution in [0, 0.1) is 0 Å². The molecule has 1 atom stereocenters. The Bertz CT molecular complexity index is 821. The largest absolute Gasteiger partial charge is 0.377 e. The van der Waals surface area contributed by atoms with Gasteiger partial charge in [0.05, 0.1) is 18.4 Å². The van der Waals surface area contributed by atoms with Gasteiger partial charge < -0.3 is 4.74 Å². The van der Waals surface area contributed by atoms with Gasteiger partial charge in [0.15, 0.2) is 0 Å². The van der Waals surface area contributed by atoms with Crippen LogP contribution in [0.1, 0.15) is 30.4 Å². The molecule has 0 unspecified atom stereocenters. The first kappa shape index (κ1) is 18.6. The predicted molar refractivity (Wildman–Crippen MR) is 99.6 cm³/mol. The lowest BCUT2D eigenvalue weighted by Crippen LogP contribution is -2.39. The lowest BCUT2D eigenvalue weighted by Gasteiger charge is -2.24. The smallest absolute Gasteiger partial charge is 0.241 e. The van der Waals surface area contributed by atoms with E-state index in [2.05, 4.69) is 0 Å². The summed E-state index contributed by atoms with van der Waals surface area (Å²) in [6.45, 7) is 0.905. The number of carbonyl (C=O) groups excluding carboxylic acids is 1. The Morgan fingerprint density at radius 2 is 1.58 bits per heavy atom. The zero-order valence-electron chi connectivity index (χ0n) is 14.6. The average molecular weight is 373 g/mol. The van der Waals surface area contributed by atoms with Crippen molar-refractivity contribution in [3.05, 3.63) is 71.8 Å². The third-order valence-corrected chi connectivity index (χ3v) is 6.27. The number of hydrogen-bond acceptors (Lipinski definition) is 4. The summed E-state index contributed by atoms with van der Waals surface area (Å²) in [4.78, 5) is 12.2. The fraction of sp³-hybridized carbons (Fsp3) is 0.350. The van der Waals surface area contributed by atoms with Crippen molar-refractivity contribution in [2.75, 3.05) is 6.61 Å². The van der Waals surface area contributed by atoms with Crippen LogP contribution in [0.4, 0.5) is 0 Å². The fourth-order valence-corrected chi connectivity index (χ4v) is 5.02. The highest BCUT2D eigenvalue weighted by Crippen LogP contribution is 2.27. The number of carbonyl (C=O) groups is 1. The van der Waals surface area contributed by atoms with E-state index in [0.717, 1.165) is 9.87 Å². The van der Waals surface area contributed by atoms with Crippen molar-refractivity contribution < 1.29 is 17.9 Å². The normalized spacial score (nSPS) is 17.6. The highest BCUT2D eigenvalue weighted by Gasteiger charge is 2.39. The van der Waals surface area contributed by atoms with Crippen molar-refractivity contribution >= 4 is 15.9 Å². The fourth-order valence-electron chi connectivity index (χ4n) is 3.20. The van der Waals surface area contributed by atoms with Gasteiger partial charge in [0.2, 0.25) is 15.9 Å². The summed E-state index contributed by atoms with van der Waals surface area (Å²) in [6.07, 6.45) is 1.35. The van der Waals surface area contributed by atoms with Gasteiger partial charge in [0.1, 0.15) is 0 Å². The Labute approximate surface area is 154 Å². The molecular formula is C20H23NO4S. The Balaban J connectivity index is 1.57. The van der Waals surface area contributed by atoms with Gasteiger partial charge in [-0.25, -0.2) is 12.7 Å². The summed E-state index contributed by atoms with van der Waals surface area (Å²) in [5.41, 5.74) is 1.76. The first-order valence-electron chi connectivity index (χ1n) is 8.77. The molecule has 6 heteroatoms. The van der Waals surface area contributed by atoms with E-state index in [9.17, 15) is 13.2 Å². The molecule has 2 aromatic rings. The highest BCUT2D eigenvalue weighted by molar-refractivity contribution is 7.88. The SMILES string of the molecule is O=C1CC[C@H](CCOCc2ccccc2)N1S(=O)(=O)Cc1ccccc1. The van der Waals surface area contributed by atoms with Gasteiger partial charge in [-0.05, 0) is 24.0 Å². The van der Waals surface area contributed by atoms with Gasteiger partial charge in [-0.15, -0.1) is 0 Å². The zero-order chi connectivity index (χ0) is 18.4. The number of nitrogens with zero attached hydrogens (tertiary/aromatic N) is 1. The molecular weight excluding hydrogens is 350 g/mol.